The Morgan fingerprint density at radius 2 is 1.72 bits per heavy atom. The number of hydrogen-bond acceptors (Lipinski definition) is 4. The van der Waals surface area contributed by atoms with E-state index in [9.17, 15) is 17.6 Å². The zero-order chi connectivity index (χ0) is 21.2. The number of methoxy groups -OCH3 is 1. The van der Waals surface area contributed by atoms with Gasteiger partial charge in [-0.1, -0.05) is 13.8 Å². The summed E-state index contributed by atoms with van der Waals surface area (Å²) < 4.78 is 46.9. The molecule has 0 radical (unpaired) electrons. The number of sulfonamides is 1. The molecule has 3 rings (SSSR count). The molecule has 6 nitrogen and oxygen atoms in total. The van der Waals surface area contributed by atoms with Crippen LogP contribution in [0.4, 0.5) is 10.1 Å². The van der Waals surface area contributed by atoms with Crippen molar-refractivity contribution >= 4 is 21.6 Å². The number of piperidine rings is 1. The molecule has 8 heteroatoms. The van der Waals surface area contributed by atoms with E-state index in [0.717, 1.165) is 18.6 Å². The molecule has 1 heterocycles. The quantitative estimate of drug-likeness (QED) is 0.799. The van der Waals surface area contributed by atoms with E-state index in [1.54, 1.807) is 24.3 Å². The van der Waals surface area contributed by atoms with E-state index in [4.69, 9.17) is 4.74 Å². The van der Waals surface area contributed by atoms with Crippen LogP contribution in [-0.2, 0) is 10.0 Å². The minimum Gasteiger partial charge on any atom is -0.497 e. The highest BCUT2D eigenvalue weighted by atomic mass is 32.2. The molecule has 1 amide bonds. The van der Waals surface area contributed by atoms with Crippen molar-refractivity contribution in [3.63, 3.8) is 0 Å². The third kappa shape index (κ3) is 4.76. The molecule has 0 saturated carbocycles. The van der Waals surface area contributed by atoms with Gasteiger partial charge in [-0.2, -0.15) is 4.31 Å². The minimum atomic E-state index is -4.03. The molecule has 0 spiro atoms. The van der Waals surface area contributed by atoms with E-state index in [0.29, 0.717) is 24.5 Å². The molecule has 1 N–H and O–H groups in total. The number of rotatable bonds is 5. The van der Waals surface area contributed by atoms with Gasteiger partial charge in [0.25, 0.3) is 5.91 Å². The van der Waals surface area contributed by atoms with Crippen molar-refractivity contribution in [3.05, 3.63) is 53.8 Å². The summed E-state index contributed by atoms with van der Waals surface area (Å²) >= 11 is 0. The van der Waals surface area contributed by atoms with Crippen LogP contribution >= 0.6 is 0 Å². The van der Waals surface area contributed by atoms with Gasteiger partial charge in [0.2, 0.25) is 10.0 Å². The number of benzene rings is 2. The van der Waals surface area contributed by atoms with Gasteiger partial charge in [0.1, 0.15) is 16.5 Å². The molecule has 0 aromatic heterocycles. The van der Waals surface area contributed by atoms with E-state index in [1.165, 1.54) is 17.5 Å². The Labute approximate surface area is 170 Å². The smallest absolute Gasteiger partial charge is 0.255 e. The van der Waals surface area contributed by atoms with Gasteiger partial charge in [-0.05, 0) is 60.7 Å². The lowest BCUT2D eigenvalue weighted by Gasteiger charge is -2.34. The van der Waals surface area contributed by atoms with Crippen LogP contribution in [-0.4, -0.2) is 38.8 Å². The zero-order valence-corrected chi connectivity index (χ0v) is 17.5. The Balaban J connectivity index is 1.85. The van der Waals surface area contributed by atoms with Crippen molar-refractivity contribution < 1.29 is 22.3 Å². The molecule has 1 saturated heterocycles. The molecule has 156 valence electrons. The molecule has 0 bridgehead atoms. The number of carbonyl (C=O) groups is 1. The lowest BCUT2D eigenvalue weighted by Crippen LogP contribution is -2.42. The first-order valence-corrected chi connectivity index (χ1v) is 10.9. The Hall–Kier alpha value is -2.45. The summed E-state index contributed by atoms with van der Waals surface area (Å²) in [5.41, 5.74) is 0.585. The first kappa shape index (κ1) is 21.3. The van der Waals surface area contributed by atoms with Crippen molar-refractivity contribution in [2.45, 2.75) is 25.2 Å². The maximum absolute atomic E-state index is 14.4. The Bertz CT molecular complexity index is 982. The van der Waals surface area contributed by atoms with E-state index in [2.05, 4.69) is 5.32 Å². The van der Waals surface area contributed by atoms with E-state index >= 15 is 0 Å². The van der Waals surface area contributed by atoms with E-state index in [-0.39, 0.29) is 17.4 Å². The SMILES string of the molecule is COc1ccc(NC(=O)c2ccc(F)c(S(=O)(=O)N3C[C@H](C)C[C@H](C)C3)c2)cc1. The summed E-state index contributed by atoms with van der Waals surface area (Å²) in [6, 6.07) is 10.1. The molecule has 29 heavy (non-hydrogen) atoms. The van der Waals surface area contributed by atoms with Crippen molar-refractivity contribution in [1.29, 1.82) is 0 Å². The van der Waals surface area contributed by atoms with Gasteiger partial charge in [0.15, 0.2) is 0 Å². The average molecular weight is 421 g/mol. The van der Waals surface area contributed by atoms with Crippen molar-refractivity contribution in [3.8, 4) is 5.75 Å². The summed E-state index contributed by atoms with van der Waals surface area (Å²) in [4.78, 5) is 12.1. The lowest BCUT2D eigenvalue weighted by atomic mass is 9.94. The number of nitrogens with one attached hydrogen (secondary N) is 1. The first-order valence-electron chi connectivity index (χ1n) is 9.46. The topological polar surface area (TPSA) is 75.7 Å². The highest BCUT2D eigenvalue weighted by Gasteiger charge is 2.33. The third-order valence-corrected chi connectivity index (χ3v) is 6.84. The first-order chi connectivity index (χ1) is 13.7. The fourth-order valence-corrected chi connectivity index (χ4v) is 5.43. The average Bonchev–Trinajstić information content (AvgIpc) is 2.68. The number of carbonyl (C=O) groups excluding carboxylic acids is 1. The second-order valence-corrected chi connectivity index (χ2v) is 9.50. The van der Waals surface area contributed by atoms with Crippen LogP contribution in [0.3, 0.4) is 0 Å². The highest BCUT2D eigenvalue weighted by Crippen LogP contribution is 2.28. The Kier molecular flexibility index (Phi) is 6.24. The number of amides is 1. The number of ether oxygens (including phenoxy) is 1. The van der Waals surface area contributed by atoms with Crippen molar-refractivity contribution in [1.82, 2.24) is 4.31 Å². The van der Waals surface area contributed by atoms with E-state index in [1.807, 2.05) is 13.8 Å². The molecule has 1 aliphatic rings. The van der Waals surface area contributed by atoms with Gasteiger partial charge in [-0.15, -0.1) is 0 Å². The predicted octanol–water partition coefficient (Wildman–Crippen LogP) is 3.75. The molecule has 2 atom stereocenters. The normalized spacial score (nSPS) is 20.3. The van der Waals surface area contributed by atoms with Crippen LogP contribution in [0.5, 0.6) is 5.75 Å². The highest BCUT2D eigenvalue weighted by molar-refractivity contribution is 7.89. The van der Waals surface area contributed by atoms with Gasteiger partial charge in [-0.3, -0.25) is 4.79 Å². The Morgan fingerprint density at radius 3 is 2.31 bits per heavy atom. The summed E-state index contributed by atoms with van der Waals surface area (Å²) in [6.07, 6.45) is 0.929. The van der Waals surface area contributed by atoms with Gasteiger partial charge >= 0.3 is 0 Å². The number of halogens is 1. The number of nitrogens with zero attached hydrogens (tertiary/aromatic N) is 1. The lowest BCUT2D eigenvalue weighted by molar-refractivity contribution is 0.102. The van der Waals surface area contributed by atoms with Gasteiger partial charge in [-0.25, -0.2) is 12.8 Å². The molecule has 0 unspecified atom stereocenters. The second kappa shape index (κ2) is 8.51. The number of anilines is 1. The standard InChI is InChI=1S/C21H25FN2O4S/c1-14-10-15(2)13-24(12-14)29(26,27)20-11-16(4-9-19(20)22)21(25)23-17-5-7-18(28-3)8-6-17/h4-9,11,14-15H,10,12-13H2,1-3H3,(H,23,25)/t14-,15+. The second-order valence-electron chi connectivity index (χ2n) is 7.60. The predicted molar refractivity (Wildman–Crippen MR) is 109 cm³/mol. The molecule has 1 fully saturated rings. The van der Waals surface area contributed by atoms with E-state index < -0.39 is 26.6 Å². The third-order valence-electron chi connectivity index (χ3n) is 4.99. The maximum Gasteiger partial charge on any atom is 0.255 e. The number of hydrogen-bond donors (Lipinski definition) is 1. The fraction of sp³-hybridized carbons (Fsp3) is 0.381. The molecule has 2 aromatic rings. The summed E-state index contributed by atoms with van der Waals surface area (Å²) in [5, 5.41) is 2.68. The molecular weight excluding hydrogens is 395 g/mol. The monoisotopic (exact) mass is 420 g/mol. The van der Waals surface area contributed by atoms with Crippen LogP contribution < -0.4 is 10.1 Å². The molecule has 2 aromatic carbocycles. The van der Waals surface area contributed by atoms with Crippen LogP contribution in [0.2, 0.25) is 0 Å². The van der Waals surface area contributed by atoms with Crippen LogP contribution in [0.25, 0.3) is 0 Å². The molecule has 1 aliphatic heterocycles. The Morgan fingerprint density at radius 1 is 1.10 bits per heavy atom. The van der Waals surface area contributed by atoms with Crippen LogP contribution in [0.15, 0.2) is 47.4 Å². The minimum absolute atomic E-state index is 0.0684. The van der Waals surface area contributed by atoms with Gasteiger partial charge in [0.05, 0.1) is 7.11 Å². The fourth-order valence-electron chi connectivity index (χ4n) is 3.66. The summed E-state index contributed by atoms with van der Waals surface area (Å²) in [7, 11) is -2.50. The molecular formula is C21H25FN2O4S. The van der Waals surface area contributed by atoms with Crippen LogP contribution in [0.1, 0.15) is 30.6 Å². The van der Waals surface area contributed by atoms with Crippen molar-refractivity contribution in [2.24, 2.45) is 11.8 Å². The maximum atomic E-state index is 14.4. The van der Waals surface area contributed by atoms with Crippen LogP contribution in [0, 0.1) is 17.7 Å². The summed E-state index contributed by atoms with van der Waals surface area (Å²) in [5.74, 6) is -0.358. The van der Waals surface area contributed by atoms with Gasteiger partial charge < -0.3 is 10.1 Å². The van der Waals surface area contributed by atoms with Crippen molar-refractivity contribution in [2.75, 3.05) is 25.5 Å². The summed E-state index contributed by atoms with van der Waals surface area (Å²) in [6.45, 7) is 4.64. The molecule has 0 aliphatic carbocycles. The largest absolute Gasteiger partial charge is 0.497 e. The zero-order valence-electron chi connectivity index (χ0n) is 16.7. The van der Waals surface area contributed by atoms with Gasteiger partial charge in [0, 0.05) is 24.3 Å².